The summed E-state index contributed by atoms with van der Waals surface area (Å²) in [5.74, 6) is 0.950. The lowest BCUT2D eigenvalue weighted by molar-refractivity contribution is 0.625. The van der Waals surface area contributed by atoms with Crippen LogP contribution >= 0.6 is 0 Å². The van der Waals surface area contributed by atoms with Gasteiger partial charge in [0.1, 0.15) is 5.84 Å². The number of allylic oxidation sites excluding steroid dienone is 3. The van der Waals surface area contributed by atoms with Crippen LogP contribution in [0.2, 0.25) is 0 Å². The minimum atomic E-state index is 0.892. The molecule has 1 aromatic rings. The second-order valence-electron chi connectivity index (χ2n) is 8.57. The van der Waals surface area contributed by atoms with Crippen molar-refractivity contribution < 1.29 is 0 Å². The average Bonchev–Trinajstić information content (AvgIpc) is 2.74. The van der Waals surface area contributed by atoms with Crippen molar-refractivity contribution in [2.75, 3.05) is 13.6 Å². The first kappa shape index (κ1) is 26.7. The highest BCUT2D eigenvalue weighted by atomic mass is 15.0. The number of nitrogens with zero attached hydrogens (tertiary/aromatic N) is 1. The summed E-state index contributed by atoms with van der Waals surface area (Å²) >= 11 is 0. The predicted octanol–water partition coefficient (Wildman–Crippen LogP) is 7.25. The van der Waals surface area contributed by atoms with E-state index in [0.717, 1.165) is 37.3 Å². The number of nitrogens with one attached hydrogen (secondary N) is 2. The van der Waals surface area contributed by atoms with Gasteiger partial charge in [0.05, 0.1) is 0 Å². The molecule has 0 bridgehead atoms. The molecule has 2 rings (SSSR count). The van der Waals surface area contributed by atoms with E-state index in [4.69, 9.17) is 0 Å². The van der Waals surface area contributed by atoms with Gasteiger partial charge in [-0.2, -0.15) is 0 Å². The molecular formula is C28H45N3. The maximum Gasteiger partial charge on any atom is 0.130 e. The summed E-state index contributed by atoms with van der Waals surface area (Å²) in [4.78, 5) is 4.51. The quantitative estimate of drug-likeness (QED) is 0.249. The molecule has 0 atom stereocenters. The van der Waals surface area contributed by atoms with E-state index in [1.165, 1.54) is 60.1 Å². The first-order chi connectivity index (χ1) is 14.9. The predicted molar refractivity (Wildman–Crippen MR) is 139 cm³/mol. The summed E-state index contributed by atoms with van der Waals surface area (Å²) in [7, 11) is 1.85. The average molecular weight is 424 g/mol. The summed E-state index contributed by atoms with van der Waals surface area (Å²) in [6, 6.07) is 8.62. The maximum absolute atomic E-state index is 4.51. The van der Waals surface area contributed by atoms with Gasteiger partial charge in [-0.1, -0.05) is 69.5 Å². The lowest BCUT2D eigenvalue weighted by Crippen LogP contribution is -2.30. The van der Waals surface area contributed by atoms with Crippen molar-refractivity contribution >= 4 is 5.84 Å². The fourth-order valence-corrected chi connectivity index (χ4v) is 3.76. The third-order valence-electron chi connectivity index (χ3n) is 5.42. The van der Waals surface area contributed by atoms with E-state index >= 15 is 0 Å². The van der Waals surface area contributed by atoms with E-state index in [0.29, 0.717) is 0 Å². The number of benzene rings is 1. The fraction of sp³-hybridized carbons (Fsp3) is 0.536. The number of rotatable bonds is 9. The zero-order valence-electron chi connectivity index (χ0n) is 20.9. The Morgan fingerprint density at radius 1 is 1.10 bits per heavy atom. The van der Waals surface area contributed by atoms with Crippen LogP contribution in [-0.4, -0.2) is 19.4 Å². The van der Waals surface area contributed by atoms with E-state index in [-0.39, 0.29) is 0 Å². The molecule has 31 heavy (non-hydrogen) atoms. The molecule has 0 saturated carbocycles. The van der Waals surface area contributed by atoms with Crippen molar-refractivity contribution in [3.05, 3.63) is 70.6 Å². The van der Waals surface area contributed by atoms with Crippen LogP contribution in [0.1, 0.15) is 83.8 Å². The molecular weight excluding hydrogens is 378 g/mol. The summed E-state index contributed by atoms with van der Waals surface area (Å²) in [6.07, 6.45) is 11.8. The highest BCUT2D eigenvalue weighted by Gasteiger charge is 2.17. The summed E-state index contributed by atoms with van der Waals surface area (Å²) < 4.78 is 0. The third-order valence-corrected chi connectivity index (χ3v) is 5.42. The molecule has 2 N–H and O–H groups in total. The van der Waals surface area contributed by atoms with E-state index in [2.05, 4.69) is 87.2 Å². The van der Waals surface area contributed by atoms with Gasteiger partial charge in [0.15, 0.2) is 0 Å². The van der Waals surface area contributed by atoms with Crippen molar-refractivity contribution in [3.63, 3.8) is 0 Å². The summed E-state index contributed by atoms with van der Waals surface area (Å²) in [6.45, 7) is 15.8. The van der Waals surface area contributed by atoms with Gasteiger partial charge < -0.3 is 10.6 Å². The van der Waals surface area contributed by atoms with Crippen LogP contribution in [0, 0.1) is 6.92 Å². The molecule has 1 aliphatic carbocycles. The number of amidine groups is 1. The van der Waals surface area contributed by atoms with Crippen molar-refractivity contribution in [2.24, 2.45) is 4.99 Å². The van der Waals surface area contributed by atoms with Crippen LogP contribution in [0.25, 0.3) is 0 Å². The van der Waals surface area contributed by atoms with Gasteiger partial charge in [-0.15, -0.1) is 0 Å². The van der Waals surface area contributed by atoms with Crippen molar-refractivity contribution in [3.8, 4) is 0 Å². The molecule has 0 saturated heterocycles. The van der Waals surface area contributed by atoms with Crippen LogP contribution in [-0.2, 0) is 6.42 Å². The van der Waals surface area contributed by atoms with Crippen LogP contribution < -0.4 is 10.6 Å². The van der Waals surface area contributed by atoms with E-state index in [1.54, 1.807) is 0 Å². The van der Waals surface area contributed by atoms with Gasteiger partial charge in [0.25, 0.3) is 0 Å². The molecule has 0 unspecified atom stereocenters. The van der Waals surface area contributed by atoms with E-state index in [9.17, 15) is 0 Å². The highest BCUT2D eigenvalue weighted by molar-refractivity contribution is 6.00. The molecule has 0 aliphatic heterocycles. The van der Waals surface area contributed by atoms with Crippen molar-refractivity contribution in [1.29, 1.82) is 0 Å². The fourth-order valence-electron chi connectivity index (χ4n) is 3.76. The molecule has 3 nitrogen and oxygen atoms in total. The number of unbranched alkanes of at least 4 members (excludes halogenated alkanes) is 2. The van der Waals surface area contributed by atoms with Gasteiger partial charge in [-0.3, -0.25) is 4.99 Å². The second-order valence-corrected chi connectivity index (χ2v) is 8.57. The monoisotopic (exact) mass is 423 g/mol. The zero-order chi connectivity index (χ0) is 23.1. The highest BCUT2D eigenvalue weighted by Crippen LogP contribution is 2.24. The maximum atomic E-state index is 4.51. The molecule has 172 valence electrons. The normalized spacial score (nSPS) is 13.8. The Bertz CT molecular complexity index is 762. The molecule has 0 radical (unpaired) electrons. The minimum absolute atomic E-state index is 0.892. The van der Waals surface area contributed by atoms with Gasteiger partial charge in [-0.25, -0.2) is 0 Å². The SMILES string of the molecule is C=C(C=C(C)C)NC(=NC)C1=C(NCCc2ccccc2C)CCCC1.CCCCC. The van der Waals surface area contributed by atoms with Crippen LogP contribution in [0.5, 0.6) is 0 Å². The zero-order valence-corrected chi connectivity index (χ0v) is 20.9. The Morgan fingerprint density at radius 2 is 1.77 bits per heavy atom. The van der Waals surface area contributed by atoms with Crippen LogP contribution in [0.3, 0.4) is 0 Å². The Hall–Kier alpha value is -2.29. The number of hydrogen-bond acceptors (Lipinski definition) is 2. The molecule has 1 aliphatic rings. The summed E-state index contributed by atoms with van der Waals surface area (Å²) in [5.41, 5.74) is 7.55. The molecule has 3 heteroatoms. The van der Waals surface area contributed by atoms with Crippen LogP contribution in [0.4, 0.5) is 0 Å². The molecule has 0 amide bonds. The Kier molecular flexibility index (Phi) is 13.4. The molecule has 1 aromatic carbocycles. The third kappa shape index (κ3) is 10.5. The Balaban J connectivity index is 0.000000861. The molecule has 0 aromatic heterocycles. The Morgan fingerprint density at radius 3 is 2.35 bits per heavy atom. The molecule has 0 spiro atoms. The molecule has 0 fully saturated rings. The van der Waals surface area contributed by atoms with E-state index < -0.39 is 0 Å². The van der Waals surface area contributed by atoms with Gasteiger partial charge in [-0.05, 0) is 70.1 Å². The second kappa shape index (κ2) is 15.5. The lowest BCUT2D eigenvalue weighted by atomic mass is 9.94. The number of aryl methyl sites for hydroxylation is 1. The first-order valence-corrected chi connectivity index (χ1v) is 12.0. The van der Waals surface area contributed by atoms with Gasteiger partial charge in [0, 0.05) is 30.6 Å². The standard InChI is InChI=1S/C23H33N3.C5H12/c1-17(2)16-19(4)26-23(24-5)21-12-8-9-13-22(21)25-15-14-20-11-7-6-10-18(20)3;1-3-5-4-2/h6-7,10-11,16,25H,4,8-9,12-15H2,1-3,5H3,(H,24,26);3-5H2,1-2H3. The number of hydrogen-bond donors (Lipinski definition) is 2. The van der Waals surface area contributed by atoms with Gasteiger partial charge in [0.2, 0.25) is 0 Å². The van der Waals surface area contributed by atoms with Gasteiger partial charge >= 0.3 is 0 Å². The molecule has 0 heterocycles. The summed E-state index contributed by atoms with van der Waals surface area (Å²) in [5, 5.41) is 7.09. The van der Waals surface area contributed by atoms with Crippen molar-refractivity contribution in [1.82, 2.24) is 10.6 Å². The first-order valence-electron chi connectivity index (χ1n) is 12.0. The smallest absolute Gasteiger partial charge is 0.130 e. The largest absolute Gasteiger partial charge is 0.388 e. The lowest BCUT2D eigenvalue weighted by Gasteiger charge is -2.24. The Labute approximate surface area is 191 Å². The number of aliphatic imine (C=N–C) groups is 1. The van der Waals surface area contributed by atoms with E-state index in [1.807, 2.05) is 7.05 Å². The topological polar surface area (TPSA) is 36.4 Å². The van der Waals surface area contributed by atoms with Crippen LogP contribution in [0.15, 0.2) is 64.5 Å². The van der Waals surface area contributed by atoms with Crippen molar-refractivity contribution in [2.45, 2.75) is 86.0 Å². The minimum Gasteiger partial charge on any atom is -0.388 e.